The number of rotatable bonds is 7. The largest absolute Gasteiger partial charge is 0.497 e. The molecule has 3 N–H and O–H groups in total. The monoisotopic (exact) mass is 464 g/mol. The Morgan fingerprint density at radius 1 is 1.18 bits per heavy atom. The fraction of sp³-hybridized carbons (Fsp3) is 0.217. The predicted octanol–water partition coefficient (Wildman–Crippen LogP) is 4.17. The molecule has 0 unspecified atom stereocenters. The Morgan fingerprint density at radius 2 is 1.88 bits per heavy atom. The van der Waals surface area contributed by atoms with Crippen molar-refractivity contribution < 1.29 is 14.1 Å². The first-order valence-electron chi connectivity index (χ1n) is 10.1. The summed E-state index contributed by atoms with van der Waals surface area (Å²) >= 11 is 1.38. The van der Waals surface area contributed by atoms with Gasteiger partial charge in [-0.25, -0.2) is 4.68 Å². The summed E-state index contributed by atoms with van der Waals surface area (Å²) < 4.78 is 12.1. The van der Waals surface area contributed by atoms with Crippen LogP contribution in [0.25, 0.3) is 22.8 Å². The van der Waals surface area contributed by atoms with Crippen LogP contribution in [0.4, 0.5) is 11.5 Å². The van der Waals surface area contributed by atoms with Crippen LogP contribution in [0.15, 0.2) is 52.0 Å². The van der Waals surface area contributed by atoms with E-state index in [2.05, 4.69) is 20.6 Å². The van der Waals surface area contributed by atoms with Gasteiger partial charge in [0.2, 0.25) is 11.7 Å². The van der Waals surface area contributed by atoms with Gasteiger partial charge >= 0.3 is 0 Å². The number of hydrogen-bond acceptors (Lipinski definition) is 8. The molecule has 0 radical (unpaired) electrons. The lowest BCUT2D eigenvalue weighted by atomic mass is 10.1. The van der Waals surface area contributed by atoms with Gasteiger partial charge in [-0.1, -0.05) is 11.2 Å². The number of anilines is 2. The molecule has 0 atom stereocenters. The van der Waals surface area contributed by atoms with Gasteiger partial charge < -0.3 is 20.3 Å². The number of nitrogen functional groups attached to an aromatic ring is 1. The Labute approximate surface area is 195 Å². The topological polar surface area (TPSA) is 121 Å². The second kappa shape index (κ2) is 9.37. The zero-order chi connectivity index (χ0) is 23.5. The Kier molecular flexibility index (Phi) is 6.36. The first-order chi connectivity index (χ1) is 15.9. The van der Waals surface area contributed by atoms with Gasteiger partial charge in [-0.3, -0.25) is 4.79 Å². The van der Waals surface area contributed by atoms with Gasteiger partial charge in [0.15, 0.2) is 0 Å². The van der Waals surface area contributed by atoms with E-state index in [0.29, 0.717) is 16.4 Å². The minimum atomic E-state index is -0.238. The van der Waals surface area contributed by atoms with Gasteiger partial charge in [0.25, 0.3) is 5.89 Å². The number of hydrogen-bond donors (Lipinski definition) is 2. The Balaban J connectivity index is 1.57. The van der Waals surface area contributed by atoms with Crippen LogP contribution < -0.4 is 15.8 Å². The number of carbonyl (C=O) groups is 1. The van der Waals surface area contributed by atoms with Crippen LogP contribution in [-0.4, -0.2) is 39.2 Å². The number of nitrogens with zero attached hydrogens (tertiary/aromatic N) is 4. The molecule has 2 heterocycles. The van der Waals surface area contributed by atoms with Crippen molar-refractivity contribution in [2.75, 3.05) is 24.4 Å². The van der Waals surface area contributed by atoms with Gasteiger partial charge in [-0.05, 0) is 67.6 Å². The van der Waals surface area contributed by atoms with E-state index >= 15 is 0 Å². The quantitative estimate of drug-likeness (QED) is 0.391. The molecule has 33 heavy (non-hydrogen) atoms. The zero-order valence-electron chi connectivity index (χ0n) is 18.7. The number of thioether (sulfide) groups is 1. The van der Waals surface area contributed by atoms with E-state index in [9.17, 15) is 4.79 Å². The highest BCUT2D eigenvalue weighted by atomic mass is 32.2. The number of benzene rings is 2. The van der Waals surface area contributed by atoms with Gasteiger partial charge in [0.1, 0.15) is 28.7 Å². The van der Waals surface area contributed by atoms with Crippen molar-refractivity contribution in [3.05, 3.63) is 53.6 Å². The molecule has 0 saturated carbocycles. The number of amides is 1. The van der Waals surface area contributed by atoms with E-state index in [1.54, 1.807) is 7.11 Å². The third-order valence-electron chi connectivity index (χ3n) is 4.94. The van der Waals surface area contributed by atoms with Crippen LogP contribution in [0, 0.1) is 13.8 Å². The number of nitrogens with one attached hydrogen (secondary N) is 1. The molecule has 0 saturated heterocycles. The van der Waals surface area contributed by atoms with Crippen molar-refractivity contribution in [1.82, 2.24) is 19.9 Å². The summed E-state index contributed by atoms with van der Waals surface area (Å²) in [7, 11) is 1.61. The molecule has 0 bridgehead atoms. The van der Waals surface area contributed by atoms with Crippen molar-refractivity contribution in [2.45, 2.75) is 25.4 Å². The molecule has 0 aliphatic carbocycles. The van der Waals surface area contributed by atoms with Gasteiger partial charge in [0, 0.05) is 11.3 Å². The molecular weight excluding hydrogens is 440 g/mol. The van der Waals surface area contributed by atoms with Crippen LogP contribution in [0.5, 0.6) is 5.75 Å². The maximum Gasteiger partial charge on any atom is 0.264 e. The van der Waals surface area contributed by atoms with Crippen LogP contribution >= 0.6 is 11.8 Å². The summed E-state index contributed by atoms with van der Waals surface area (Å²) in [5.41, 5.74) is 10.5. The Hall–Kier alpha value is -3.79. The number of methoxy groups -OCH3 is 1. The molecule has 0 spiro atoms. The minimum absolute atomic E-state index is 0.0497. The van der Waals surface area contributed by atoms with Gasteiger partial charge in [-0.15, -0.1) is 11.8 Å². The van der Waals surface area contributed by atoms with E-state index in [1.165, 1.54) is 16.4 Å². The molecule has 9 nitrogen and oxygen atoms in total. The lowest BCUT2D eigenvalue weighted by molar-refractivity contribution is -0.116. The lowest BCUT2D eigenvalue weighted by Crippen LogP contribution is -2.20. The molecule has 4 rings (SSSR count). The van der Waals surface area contributed by atoms with Crippen molar-refractivity contribution in [2.24, 2.45) is 0 Å². The van der Waals surface area contributed by atoms with Crippen molar-refractivity contribution in [3.8, 4) is 28.6 Å². The number of ether oxygens (including phenoxy) is 1. The molecule has 2 aromatic carbocycles. The maximum absolute atomic E-state index is 12.6. The average Bonchev–Trinajstić information content (AvgIpc) is 3.37. The smallest absolute Gasteiger partial charge is 0.264 e. The van der Waals surface area contributed by atoms with E-state index < -0.39 is 0 Å². The summed E-state index contributed by atoms with van der Waals surface area (Å²) in [4.78, 5) is 17.1. The second-order valence-corrected chi connectivity index (χ2v) is 8.30. The van der Waals surface area contributed by atoms with E-state index in [-0.39, 0.29) is 24.2 Å². The molecule has 10 heteroatoms. The van der Waals surface area contributed by atoms with E-state index in [1.807, 2.05) is 62.6 Å². The fourth-order valence-corrected chi connectivity index (χ4v) is 4.06. The number of aromatic nitrogens is 4. The number of carbonyl (C=O) groups excluding carboxylic acids is 1. The normalized spacial score (nSPS) is 10.9. The second-order valence-electron chi connectivity index (χ2n) is 7.50. The number of nitrogens with two attached hydrogens (primary N) is 1. The molecule has 2 aromatic heterocycles. The third kappa shape index (κ3) is 4.85. The SMILES string of the molecule is COc1ccc(-c2noc(-c3c(SC)nn(CC(=O)Nc4cc(C)cc(C)c4)c3N)n2)cc1. The first kappa shape index (κ1) is 22.4. The summed E-state index contributed by atoms with van der Waals surface area (Å²) in [5, 5.41) is 12.0. The van der Waals surface area contributed by atoms with Crippen LogP contribution in [-0.2, 0) is 11.3 Å². The molecule has 0 aliphatic heterocycles. The van der Waals surface area contributed by atoms with Gasteiger partial charge in [0.05, 0.1) is 7.11 Å². The molecule has 4 aromatic rings. The highest BCUT2D eigenvalue weighted by Gasteiger charge is 2.24. The highest BCUT2D eigenvalue weighted by Crippen LogP contribution is 2.35. The van der Waals surface area contributed by atoms with Crippen molar-refractivity contribution >= 4 is 29.2 Å². The Morgan fingerprint density at radius 3 is 2.52 bits per heavy atom. The molecule has 170 valence electrons. The van der Waals surface area contributed by atoms with Crippen LogP contribution in [0.3, 0.4) is 0 Å². The third-order valence-corrected chi connectivity index (χ3v) is 5.61. The van der Waals surface area contributed by atoms with Crippen LogP contribution in [0.1, 0.15) is 11.1 Å². The molecular formula is C23H24N6O3S. The minimum Gasteiger partial charge on any atom is -0.497 e. The van der Waals surface area contributed by atoms with Crippen molar-refractivity contribution in [3.63, 3.8) is 0 Å². The predicted molar refractivity (Wildman–Crippen MR) is 128 cm³/mol. The standard InChI is InChI=1S/C23H24N6O3S/c1-13-9-14(2)11-16(10-13)25-18(30)12-29-20(24)19(23(27-29)33-4)22-26-21(28-32-22)15-5-7-17(31-3)8-6-15/h5-11H,12,24H2,1-4H3,(H,25,30). The van der Waals surface area contributed by atoms with E-state index in [0.717, 1.165) is 28.1 Å². The first-order valence-corrected chi connectivity index (χ1v) is 11.4. The Bertz CT molecular complexity index is 1280. The van der Waals surface area contributed by atoms with Gasteiger partial charge in [-0.2, -0.15) is 10.1 Å². The molecule has 1 amide bonds. The zero-order valence-corrected chi connectivity index (χ0v) is 19.6. The maximum atomic E-state index is 12.6. The average molecular weight is 465 g/mol. The van der Waals surface area contributed by atoms with Crippen LogP contribution in [0.2, 0.25) is 0 Å². The summed E-state index contributed by atoms with van der Waals surface area (Å²) in [6.45, 7) is 3.91. The fourth-order valence-electron chi connectivity index (χ4n) is 3.48. The highest BCUT2D eigenvalue weighted by molar-refractivity contribution is 7.98. The van der Waals surface area contributed by atoms with Crippen molar-refractivity contribution in [1.29, 1.82) is 0 Å². The lowest BCUT2D eigenvalue weighted by Gasteiger charge is -2.08. The molecule has 0 aliphatic rings. The number of aryl methyl sites for hydroxylation is 2. The summed E-state index contributed by atoms with van der Waals surface area (Å²) in [5.74, 6) is 1.43. The molecule has 0 fully saturated rings. The summed E-state index contributed by atoms with van der Waals surface area (Å²) in [6.07, 6.45) is 1.87. The van der Waals surface area contributed by atoms with E-state index in [4.69, 9.17) is 15.0 Å². The summed E-state index contributed by atoms with van der Waals surface area (Å²) in [6, 6.07) is 13.2.